The highest BCUT2D eigenvalue weighted by molar-refractivity contribution is 7.89. The second kappa shape index (κ2) is 8.55. The normalized spacial score (nSPS) is 15.7. The van der Waals surface area contributed by atoms with E-state index in [1.54, 1.807) is 12.1 Å². The SMILES string of the molecule is Cc1cccc(N2CCN(S(=O)(=O)c3ccc(/C=C/C(=O)NO)cc3)CC2)c1. The van der Waals surface area contributed by atoms with Crippen LogP contribution in [0.3, 0.4) is 0 Å². The molecule has 2 aromatic carbocycles. The van der Waals surface area contributed by atoms with Gasteiger partial charge in [-0.1, -0.05) is 24.3 Å². The Hall–Kier alpha value is -2.68. The van der Waals surface area contributed by atoms with Gasteiger partial charge in [0.15, 0.2) is 0 Å². The van der Waals surface area contributed by atoms with E-state index >= 15 is 0 Å². The van der Waals surface area contributed by atoms with E-state index in [1.807, 2.05) is 25.1 Å². The Morgan fingerprint density at radius 3 is 2.36 bits per heavy atom. The van der Waals surface area contributed by atoms with E-state index < -0.39 is 15.9 Å². The molecule has 0 unspecified atom stereocenters. The van der Waals surface area contributed by atoms with Gasteiger partial charge >= 0.3 is 0 Å². The van der Waals surface area contributed by atoms with Gasteiger partial charge in [0.1, 0.15) is 0 Å². The van der Waals surface area contributed by atoms with Crippen molar-refractivity contribution < 1.29 is 18.4 Å². The zero-order chi connectivity index (χ0) is 20.1. The molecule has 3 rings (SSSR count). The standard InChI is InChI=1S/C20H23N3O4S/c1-16-3-2-4-18(15-16)22-11-13-23(14-12-22)28(26,27)19-8-5-17(6-9-19)7-10-20(24)21-25/h2-10,15,25H,11-14H2,1H3,(H,21,24)/b10-7+. The van der Waals surface area contributed by atoms with Gasteiger partial charge in [0.25, 0.3) is 5.91 Å². The molecule has 2 aromatic rings. The van der Waals surface area contributed by atoms with E-state index in [0.29, 0.717) is 31.7 Å². The maximum absolute atomic E-state index is 12.9. The number of nitrogens with zero attached hydrogens (tertiary/aromatic N) is 2. The molecule has 1 aliphatic heterocycles. The van der Waals surface area contributed by atoms with Gasteiger partial charge in [0.05, 0.1) is 4.90 Å². The zero-order valence-corrected chi connectivity index (χ0v) is 16.4. The third-order valence-electron chi connectivity index (χ3n) is 4.66. The molecule has 148 valence electrons. The van der Waals surface area contributed by atoms with Crippen molar-refractivity contribution in [1.82, 2.24) is 9.79 Å². The van der Waals surface area contributed by atoms with Crippen LogP contribution in [0, 0.1) is 6.92 Å². The molecule has 7 nitrogen and oxygen atoms in total. The fourth-order valence-corrected chi connectivity index (χ4v) is 4.54. The monoisotopic (exact) mass is 401 g/mol. The van der Waals surface area contributed by atoms with Crippen LogP contribution in [0.25, 0.3) is 6.08 Å². The molecule has 2 N–H and O–H groups in total. The summed E-state index contributed by atoms with van der Waals surface area (Å²) >= 11 is 0. The number of sulfonamides is 1. The highest BCUT2D eigenvalue weighted by Crippen LogP contribution is 2.22. The number of aryl methyl sites for hydroxylation is 1. The van der Waals surface area contributed by atoms with Crippen LogP contribution in [0.4, 0.5) is 5.69 Å². The lowest BCUT2D eigenvalue weighted by molar-refractivity contribution is -0.124. The maximum atomic E-state index is 12.9. The van der Waals surface area contributed by atoms with Gasteiger partial charge in [-0.15, -0.1) is 0 Å². The maximum Gasteiger partial charge on any atom is 0.267 e. The van der Waals surface area contributed by atoms with Crippen molar-refractivity contribution in [2.45, 2.75) is 11.8 Å². The molecule has 8 heteroatoms. The highest BCUT2D eigenvalue weighted by atomic mass is 32.2. The first-order valence-electron chi connectivity index (χ1n) is 8.94. The number of carbonyl (C=O) groups excluding carboxylic acids is 1. The fourth-order valence-electron chi connectivity index (χ4n) is 3.12. The molecule has 1 heterocycles. The summed E-state index contributed by atoms with van der Waals surface area (Å²) in [4.78, 5) is 13.4. The van der Waals surface area contributed by atoms with Crippen LogP contribution in [0.1, 0.15) is 11.1 Å². The van der Waals surface area contributed by atoms with Gasteiger partial charge in [-0.2, -0.15) is 4.31 Å². The van der Waals surface area contributed by atoms with Crippen LogP contribution >= 0.6 is 0 Å². The van der Waals surface area contributed by atoms with Gasteiger partial charge in [-0.3, -0.25) is 10.0 Å². The summed E-state index contributed by atoms with van der Waals surface area (Å²) in [6, 6.07) is 14.5. The van der Waals surface area contributed by atoms with Gasteiger partial charge in [0.2, 0.25) is 10.0 Å². The van der Waals surface area contributed by atoms with Crippen molar-refractivity contribution in [2.75, 3.05) is 31.1 Å². The molecule has 1 aliphatic rings. The van der Waals surface area contributed by atoms with Crippen molar-refractivity contribution in [3.05, 3.63) is 65.7 Å². The lowest BCUT2D eigenvalue weighted by Gasteiger charge is -2.35. The summed E-state index contributed by atoms with van der Waals surface area (Å²) in [5.74, 6) is -0.650. The Morgan fingerprint density at radius 1 is 1.07 bits per heavy atom. The first-order valence-corrected chi connectivity index (χ1v) is 10.4. The molecule has 0 radical (unpaired) electrons. The number of anilines is 1. The average Bonchev–Trinajstić information content (AvgIpc) is 2.72. The van der Waals surface area contributed by atoms with Gasteiger partial charge in [-0.25, -0.2) is 13.9 Å². The molecule has 1 fully saturated rings. The third-order valence-corrected chi connectivity index (χ3v) is 6.57. The first kappa shape index (κ1) is 20.1. The summed E-state index contributed by atoms with van der Waals surface area (Å²) in [5.41, 5.74) is 4.45. The second-order valence-electron chi connectivity index (χ2n) is 6.61. The summed E-state index contributed by atoms with van der Waals surface area (Å²) in [5, 5.41) is 8.47. The summed E-state index contributed by atoms with van der Waals surface area (Å²) in [6.07, 6.45) is 2.65. The number of nitrogens with one attached hydrogen (secondary N) is 1. The highest BCUT2D eigenvalue weighted by Gasteiger charge is 2.28. The van der Waals surface area contributed by atoms with Gasteiger partial charge < -0.3 is 4.90 Å². The molecule has 1 amide bonds. The molecule has 0 aromatic heterocycles. The van der Waals surface area contributed by atoms with Crippen molar-refractivity contribution in [3.8, 4) is 0 Å². The van der Waals surface area contributed by atoms with E-state index in [2.05, 4.69) is 11.0 Å². The number of hydroxylamine groups is 1. The number of benzene rings is 2. The second-order valence-corrected chi connectivity index (χ2v) is 8.55. The van der Waals surface area contributed by atoms with Crippen LogP contribution in [0.5, 0.6) is 0 Å². The predicted octanol–water partition coefficient (Wildman–Crippen LogP) is 2.02. The summed E-state index contributed by atoms with van der Waals surface area (Å²) in [7, 11) is -3.57. The third kappa shape index (κ3) is 4.59. The van der Waals surface area contributed by atoms with Gasteiger partial charge in [-0.05, 0) is 48.4 Å². The molecular weight excluding hydrogens is 378 g/mol. The minimum absolute atomic E-state index is 0.222. The molecule has 0 spiro atoms. The number of carbonyl (C=O) groups is 1. The smallest absolute Gasteiger partial charge is 0.267 e. The van der Waals surface area contributed by atoms with E-state index in [-0.39, 0.29) is 4.90 Å². The van der Waals surface area contributed by atoms with Crippen molar-refractivity contribution in [1.29, 1.82) is 0 Å². The molecule has 0 atom stereocenters. The number of piperazine rings is 1. The fraction of sp³-hybridized carbons (Fsp3) is 0.250. The van der Waals surface area contributed by atoms with Crippen molar-refractivity contribution in [2.24, 2.45) is 0 Å². The largest absolute Gasteiger partial charge is 0.369 e. The topological polar surface area (TPSA) is 90.0 Å². The van der Waals surface area contributed by atoms with Crippen LogP contribution in [0.15, 0.2) is 59.5 Å². The van der Waals surface area contributed by atoms with Crippen LogP contribution in [-0.4, -0.2) is 50.0 Å². The number of hydrogen-bond donors (Lipinski definition) is 2. The van der Waals surface area contributed by atoms with Crippen LogP contribution in [-0.2, 0) is 14.8 Å². The number of rotatable bonds is 5. The van der Waals surface area contributed by atoms with Crippen molar-refractivity contribution in [3.63, 3.8) is 0 Å². The summed E-state index contributed by atoms with van der Waals surface area (Å²) in [6.45, 7) is 4.17. The molecule has 28 heavy (non-hydrogen) atoms. The molecule has 1 saturated heterocycles. The molecule has 0 bridgehead atoms. The Labute approximate surface area is 164 Å². The minimum Gasteiger partial charge on any atom is -0.369 e. The minimum atomic E-state index is -3.57. The Kier molecular flexibility index (Phi) is 6.13. The lowest BCUT2D eigenvalue weighted by atomic mass is 10.2. The molecule has 0 aliphatic carbocycles. The van der Waals surface area contributed by atoms with E-state index in [9.17, 15) is 13.2 Å². The quantitative estimate of drug-likeness (QED) is 0.455. The van der Waals surface area contributed by atoms with E-state index in [4.69, 9.17) is 5.21 Å². The zero-order valence-electron chi connectivity index (χ0n) is 15.6. The number of amides is 1. The van der Waals surface area contributed by atoms with Crippen molar-refractivity contribution >= 4 is 27.7 Å². The summed E-state index contributed by atoms with van der Waals surface area (Å²) < 4.78 is 27.3. The predicted molar refractivity (Wildman–Crippen MR) is 108 cm³/mol. The van der Waals surface area contributed by atoms with Crippen LogP contribution in [0.2, 0.25) is 0 Å². The van der Waals surface area contributed by atoms with E-state index in [1.165, 1.54) is 33.6 Å². The first-order chi connectivity index (χ1) is 13.4. The molecule has 0 saturated carbocycles. The Bertz CT molecular complexity index is 963. The Balaban J connectivity index is 1.67. The lowest BCUT2D eigenvalue weighted by Crippen LogP contribution is -2.48. The van der Waals surface area contributed by atoms with Gasteiger partial charge in [0, 0.05) is 37.9 Å². The van der Waals surface area contributed by atoms with Crippen LogP contribution < -0.4 is 10.4 Å². The average molecular weight is 401 g/mol. The van der Waals surface area contributed by atoms with E-state index in [0.717, 1.165) is 11.8 Å². The number of hydrogen-bond acceptors (Lipinski definition) is 5. The Morgan fingerprint density at radius 2 is 1.75 bits per heavy atom. The molecular formula is C20H23N3O4S.